The number of halogens is 2. The van der Waals surface area contributed by atoms with Gasteiger partial charge in [0.15, 0.2) is 0 Å². The van der Waals surface area contributed by atoms with Crippen LogP contribution in [0.1, 0.15) is 21.5 Å². The lowest BCUT2D eigenvalue weighted by molar-refractivity contribution is 0.0947. The van der Waals surface area contributed by atoms with Gasteiger partial charge in [-0.05, 0) is 23.3 Å². The smallest absolute Gasteiger partial charge is 0.256 e. The average Bonchev–Trinajstić information content (AvgIpc) is 3.07. The van der Waals surface area contributed by atoms with Crippen LogP contribution in [0.3, 0.4) is 0 Å². The molecular weight excluding hydrogens is 329 g/mol. The van der Waals surface area contributed by atoms with Crippen molar-refractivity contribution in [2.45, 2.75) is 13.1 Å². The highest BCUT2D eigenvalue weighted by Gasteiger charge is 2.15. The van der Waals surface area contributed by atoms with E-state index >= 15 is 0 Å². The molecule has 0 aliphatic heterocycles. The van der Waals surface area contributed by atoms with Crippen molar-refractivity contribution in [2.75, 3.05) is 0 Å². The number of hydrogen-bond acceptors (Lipinski definition) is 2. The highest BCUT2D eigenvalue weighted by atomic mass is 35.5. The first-order valence-electron chi connectivity index (χ1n) is 7.39. The normalized spacial score (nSPS) is 10.6. The van der Waals surface area contributed by atoms with Crippen LogP contribution >= 0.6 is 11.6 Å². The molecule has 0 aliphatic rings. The van der Waals surface area contributed by atoms with E-state index in [1.807, 2.05) is 35.0 Å². The van der Waals surface area contributed by atoms with Crippen LogP contribution in [-0.2, 0) is 13.1 Å². The Morgan fingerprint density at radius 3 is 2.58 bits per heavy atom. The zero-order valence-electron chi connectivity index (χ0n) is 12.7. The van der Waals surface area contributed by atoms with E-state index in [0.29, 0.717) is 6.54 Å². The lowest BCUT2D eigenvalue weighted by atomic mass is 10.1. The molecule has 3 aromatic rings. The van der Waals surface area contributed by atoms with Crippen LogP contribution in [-0.4, -0.2) is 15.5 Å². The standard InChI is InChI=1S/C18H15ClFN3O/c19-15-2-1-3-16(20)17(15)18(24)22-10-13-4-6-14(7-5-13)11-23-9-8-21-12-23/h1-9,12H,10-11H2,(H,22,24). The Kier molecular flexibility index (Phi) is 4.91. The highest BCUT2D eigenvalue weighted by molar-refractivity contribution is 6.33. The van der Waals surface area contributed by atoms with Crippen molar-refractivity contribution in [3.63, 3.8) is 0 Å². The van der Waals surface area contributed by atoms with Gasteiger partial charge in [-0.25, -0.2) is 9.37 Å². The number of hydrogen-bond donors (Lipinski definition) is 1. The Hall–Kier alpha value is -2.66. The van der Waals surface area contributed by atoms with E-state index < -0.39 is 11.7 Å². The first-order chi connectivity index (χ1) is 11.6. The van der Waals surface area contributed by atoms with E-state index in [9.17, 15) is 9.18 Å². The fourth-order valence-corrected chi connectivity index (χ4v) is 2.59. The van der Waals surface area contributed by atoms with E-state index in [1.165, 1.54) is 18.2 Å². The summed E-state index contributed by atoms with van der Waals surface area (Å²) in [5.74, 6) is -1.16. The summed E-state index contributed by atoms with van der Waals surface area (Å²) in [6.07, 6.45) is 5.39. The maximum Gasteiger partial charge on any atom is 0.256 e. The summed E-state index contributed by atoms with van der Waals surface area (Å²) >= 11 is 5.89. The van der Waals surface area contributed by atoms with Gasteiger partial charge in [0, 0.05) is 25.5 Å². The largest absolute Gasteiger partial charge is 0.348 e. The second kappa shape index (κ2) is 7.27. The van der Waals surface area contributed by atoms with Crippen LogP contribution in [0.2, 0.25) is 5.02 Å². The maximum absolute atomic E-state index is 13.7. The lowest BCUT2D eigenvalue weighted by Crippen LogP contribution is -2.24. The molecule has 0 fully saturated rings. The summed E-state index contributed by atoms with van der Waals surface area (Å²) in [7, 11) is 0. The van der Waals surface area contributed by atoms with Gasteiger partial charge in [-0.1, -0.05) is 41.9 Å². The topological polar surface area (TPSA) is 46.9 Å². The van der Waals surface area contributed by atoms with Crippen LogP contribution in [0.5, 0.6) is 0 Å². The molecule has 4 nitrogen and oxygen atoms in total. The average molecular weight is 344 g/mol. The predicted molar refractivity (Wildman–Crippen MR) is 90.4 cm³/mol. The minimum Gasteiger partial charge on any atom is -0.348 e. The maximum atomic E-state index is 13.7. The molecule has 122 valence electrons. The van der Waals surface area contributed by atoms with Gasteiger partial charge in [-0.2, -0.15) is 0 Å². The first kappa shape index (κ1) is 16.2. The fourth-order valence-electron chi connectivity index (χ4n) is 2.34. The third-order valence-electron chi connectivity index (χ3n) is 3.59. The number of nitrogens with one attached hydrogen (secondary N) is 1. The van der Waals surface area contributed by atoms with Crippen LogP contribution in [0, 0.1) is 5.82 Å². The van der Waals surface area contributed by atoms with Gasteiger partial charge in [0.2, 0.25) is 0 Å². The SMILES string of the molecule is O=C(NCc1ccc(Cn2ccnc2)cc1)c1c(F)cccc1Cl. The Morgan fingerprint density at radius 1 is 1.17 bits per heavy atom. The number of rotatable bonds is 5. The summed E-state index contributed by atoms with van der Waals surface area (Å²) in [4.78, 5) is 16.1. The number of benzene rings is 2. The molecule has 0 saturated heterocycles. The summed E-state index contributed by atoms with van der Waals surface area (Å²) in [5.41, 5.74) is 1.92. The van der Waals surface area contributed by atoms with Crippen molar-refractivity contribution in [3.8, 4) is 0 Å². The van der Waals surface area contributed by atoms with E-state index in [4.69, 9.17) is 11.6 Å². The molecule has 0 spiro atoms. The minimum absolute atomic E-state index is 0.100. The van der Waals surface area contributed by atoms with Gasteiger partial charge in [0.25, 0.3) is 5.91 Å². The molecule has 1 heterocycles. The van der Waals surface area contributed by atoms with Crippen molar-refractivity contribution in [2.24, 2.45) is 0 Å². The molecular formula is C18H15ClFN3O. The predicted octanol–water partition coefficient (Wildman–Crippen LogP) is 3.65. The van der Waals surface area contributed by atoms with Crippen LogP contribution in [0.4, 0.5) is 4.39 Å². The van der Waals surface area contributed by atoms with Crippen molar-refractivity contribution < 1.29 is 9.18 Å². The number of imidazole rings is 1. The second-order valence-corrected chi connectivity index (χ2v) is 5.74. The molecule has 1 amide bonds. The van der Waals surface area contributed by atoms with E-state index in [1.54, 1.807) is 12.5 Å². The van der Waals surface area contributed by atoms with Gasteiger partial charge < -0.3 is 9.88 Å². The summed E-state index contributed by atoms with van der Waals surface area (Å²) in [6.45, 7) is 1.03. The van der Waals surface area contributed by atoms with Crippen LogP contribution in [0.25, 0.3) is 0 Å². The van der Waals surface area contributed by atoms with Crippen molar-refractivity contribution in [3.05, 3.63) is 88.7 Å². The third-order valence-corrected chi connectivity index (χ3v) is 3.91. The second-order valence-electron chi connectivity index (χ2n) is 5.33. The Bertz CT molecular complexity index is 812. The monoisotopic (exact) mass is 343 g/mol. The number of nitrogens with zero attached hydrogens (tertiary/aromatic N) is 2. The Morgan fingerprint density at radius 2 is 1.92 bits per heavy atom. The molecule has 0 aliphatic carbocycles. The molecule has 3 rings (SSSR count). The molecule has 1 N–H and O–H groups in total. The lowest BCUT2D eigenvalue weighted by Gasteiger charge is -2.09. The number of aromatic nitrogens is 2. The zero-order valence-corrected chi connectivity index (χ0v) is 13.5. The van der Waals surface area contributed by atoms with Crippen LogP contribution < -0.4 is 5.32 Å². The Balaban J connectivity index is 1.61. The van der Waals surface area contributed by atoms with Crippen molar-refractivity contribution in [1.82, 2.24) is 14.9 Å². The van der Waals surface area contributed by atoms with Crippen molar-refractivity contribution in [1.29, 1.82) is 0 Å². The van der Waals surface area contributed by atoms with Gasteiger partial charge in [0.1, 0.15) is 5.82 Å². The van der Waals surface area contributed by atoms with Crippen molar-refractivity contribution >= 4 is 17.5 Å². The minimum atomic E-state index is -0.629. The fraction of sp³-hybridized carbons (Fsp3) is 0.111. The summed E-state index contributed by atoms with van der Waals surface area (Å²) < 4.78 is 15.7. The number of carbonyl (C=O) groups is 1. The number of carbonyl (C=O) groups excluding carboxylic acids is 1. The molecule has 2 aromatic carbocycles. The van der Waals surface area contributed by atoms with E-state index in [-0.39, 0.29) is 10.6 Å². The molecule has 1 aromatic heterocycles. The number of amides is 1. The van der Waals surface area contributed by atoms with Gasteiger partial charge in [0.05, 0.1) is 16.9 Å². The highest BCUT2D eigenvalue weighted by Crippen LogP contribution is 2.18. The summed E-state index contributed by atoms with van der Waals surface area (Å²) in [6, 6.07) is 12.0. The molecule has 0 saturated carbocycles. The molecule has 0 unspecified atom stereocenters. The molecule has 24 heavy (non-hydrogen) atoms. The van der Waals surface area contributed by atoms with E-state index in [0.717, 1.165) is 17.7 Å². The Labute approximate surface area is 143 Å². The van der Waals surface area contributed by atoms with Gasteiger partial charge >= 0.3 is 0 Å². The molecule has 0 radical (unpaired) electrons. The first-order valence-corrected chi connectivity index (χ1v) is 7.77. The van der Waals surface area contributed by atoms with Crippen LogP contribution in [0.15, 0.2) is 61.2 Å². The third kappa shape index (κ3) is 3.81. The quantitative estimate of drug-likeness (QED) is 0.768. The molecule has 6 heteroatoms. The van der Waals surface area contributed by atoms with Gasteiger partial charge in [-0.15, -0.1) is 0 Å². The molecule has 0 atom stereocenters. The van der Waals surface area contributed by atoms with Gasteiger partial charge in [-0.3, -0.25) is 4.79 Å². The molecule has 0 bridgehead atoms. The van der Waals surface area contributed by atoms with E-state index in [2.05, 4.69) is 10.3 Å². The zero-order chi connectivity index (χ0) is 16.9. The summed E-state index contributed by atoms with van der Waals surface area (Å²) in [5, 5.41) is 2.78.